The van der Waals surface area contributed by atoms with Crippen molar-refractivity contribution >= 4 is 17.7 Å². The number of nitrogens with zero attached hydrogens (tertiary/aromatic N) is 1. The number of halogens is 1. The van der Waals surface area contributed by atoms with E-state index in [1.54, 1.807) is 30.3 Å². The molecular formula is C19H19FN2O2S. The van der Waals surface area contributed by atoms with Crippen LogP contribution in [0.25, 0.3) is 0 Å². The second kappa shape index (κ2) is 9.70. The van der Waals surface area contributed by atoms with Gasteiger partial charge in [0, 0.05) is 5.75 Å². The summed E-state index contributed by atoms with van der Waals surface area (Å²) in [5.41, 5.74) is 1.68. The van der Waals surface area contributed by atoms with Gasteiger partial charge in [0.15, 0.2) is 11.6 Å². The van der Waals surface area contributed by atoms with Gasteiger partial charge in [-0.05, 0) is 36.8 Å². The van der Waals surface area contributed by atoms with Crippen LogP contribution >= 0.6 is 11.8 Å². The van der Waals surface area contributed by atoms with E-state index in [9.17, 15) is 9.18 Å². The second-order valence-electron chi connectivity index (χ2n) is 5.51. The molecule has 6 heteroatoms. The van der Waals surface area contributed by atoms with Gasteiger partial charge < -0.3 is 10.1 Å². The topological polar surface area (TPSA) is 62.1 Å². The number of benzene rings is 2. The molecule has 4 nitrogen and oxygen atoms in total. The molecule has 0 saturated carbocycles. The molecular weight excluding hydrogens is 339 g/mol. The Bertz CT molecular complexity index is 744. The first-order valence-corrected chi connectivity index (χ1v) is 8.97. The summed E-state index contributed by atoms with van der Waals surface area (Å²) >= 11 is 1.49. The average molecular weight is 358 g/mol. The molecule has 0 spiro atoms. The molecule has 0 fully saturated rings. The van der Waals surface area contributed by atoms with Crippen LogP contribution in [0.5, 0.6) is 5.75 Å². The molecule has 0 bridgehead atoms. The van der Waals surface area contributed by atoms with Gasteiger partial charge in [-0.2, -0.15) is 5.26 Å². The number of amides is 1. The Morgan fingerprint density at radius 1 is 1.28 bits per heavy atom. The van der Waals surface area contributed by atoms with Gasteiger partial charge in [-0.3, -0.25) is 4.79 Å². The highest BCUT2D eigenvalue weighted by molar-refractivity contribution is 7.99. The SMILES string of the molecule is CC(COc1ccccc1F)NC(=O)CSCc1ccc(C#N)cc1. The van der Waals surface area contributed by atoms with Crippen LogP contribution in [0.15, 0.2) is 48.5 Å². The minimum absolute atomic E-state index is 0.0942. The van der Waals surface area contributed by atoms with E-state index >= 15 is 0 Å². The van der Waals surface area contributed by atoms with Crippen molar-refractivity contribution in [3.8, 4) is 11.8 Å². The number of hydrogen-bond acceptors (Lipinski definition) is 4. The summed E-state index contributed by atoms with van der Waals surface area (Å²) in [7, 11) is 0. The molecule has 2 rings (SSSR count). The number of nitriles is 1. The highest BCUT2D eigenvalue weighted by Gasteiger charge is 2.10. The Morgan fingerprint density at radius 3 is 2.68 bits per heavy atom. The lowest BCUT2D eigenvalue weighted by molar-refractivity contribution is -0.119. The highest BCUT2D eigenvalue weighted by Crippen LogP contribution is 2.15. The first-order valence-electron chi connectivity index (χ1n) is 7.82. The maximum atomic E-state index is 13.4. The maximum Gasteiger partial charge on any atom is 0.230 e. The number of ether oxygens (including phenoxy) is 1. The van der Waals surface area contributed by atoms with Crippen molar-refractivity contribution in [2.24, 2.45) is 0 Å². The molecule has 0 aliphatic carbocycles. The molecule has 2 aromatic carbocycles. The minimum Gasteiger partial charge on any atom is -0.488 e. The molecule has 1 N–H and O–H groups in total. The van der Waals surface area contributed by atoms with Crippen molar-refractivity contribution in [1.82, 2.24) is 5.32 Å². The van der Waals surface area contributed by atoms with Gasteiger partial charge in [-0.15, -0.1) is 11.8 Å². The summed E-state index contributed by atoms with van der Waals surface area (Å²) in [5.74, 6) is 0.685. The van der Waals surface area contributed by atoms with Crippen molar-refractivity contribution in [2.45, 2.75) is 18.7 Å². The van der Waals surface area contributed by atoms with Crippen LogP contribution < -0.4 is 10.1 Å². The first kappa shape index (κ1) is 18.8. The zero-order chi connectivity index (χ0) is 18.1. The summed E-state index contributed by atoms with van der Waals surface area (Å²) in [6.45, 7) is 2.01. The number of carbonyl (C=O) groups is 1. The summed E-state index contributed by atoms with van der Waals surface area (Å²) in [5, 5.41) is 11.6. The van der Waals surface area contributed by atoms with Gasteiger partial charge in [0.25, 0.3) is 0 Å². The Hall–Kier alpha value is -2.52. The van der Waals surface area contributed by atoms with E-state index in [0.29, 0.717) is 17.1 Å². The maximum absolute atomic E-state index is 13.4. The molecule has 0 aliphatic rings. The molecule has 1 atom stereocenters. The molecule has 0 saturated heterocycles. The number of thioether (sulfide) groups is 1. The lowest BCUT2D eigenvalue weighted by Gasteiger charge is -2.15. The van der Waals surface area contributed by atoms with Crippen LogP contribution in [0, 0.1) is 17.1 Å². The molecule has 0 heterocycles. The fourth-order valence-corrected chi connectivity index (χ4v) is 2.87. The van der Waals surface area contributed by atoms with Crippen LogP contribution in [-0.2, 0) is 10.5 Å². The molecule has 1 unspecified atom stereocenters. The van der Waals surface area contributed by atoms with Gasteiger partial charge in [0.1, 0.15) is 6.61 Å². The molecule has 0 aromatic heterocycles. The molecule has 0 aliphatic heterocycles. The third-order valence-corrected chi connectivity index (χ3v) is 4.32. The Balaban J connectivity index is 1.67. The van der Waals surface area contributed by atoms with Gasteiger partial charge in [0.05, 0.1) is 23.4 Å². The van der Waals surface area contributed by atoms with Crippen LogP contribution in [0.2, 0.25) is 0 Å². The zero-order valence-corrected chi connectivity index (χ0v) is 14.7. The van der Waals surface area contributed by atoms with Gasteiger partial charge in [0.2, 0.25) is 5.91 Å². The molecule has 25 heavy (non-hydrogen) atoms. The van der Waals surface area contributed by atoms with E-state index in [0.717, 1.165) is 5.56 Å². The van der Waals surface area contributed by atoms with Crippen molar-refractivity contribution in [3.63, 3.8) is 0 Å². The summed E-state index contributed by atoms with van der Waals surface area (Å²) in [4.78, 5) is 11.9. The van der Waals surface area contributed by atoms with E-state index in [2.05, 4.69) is 11.4 Å². The van der Waals surface area contributed by atoms with Crippen LogP contribution in [0.1, 0.15) is 18.1 Å². The Kier molecular flexibility index (Phi) is 7.30. The predicted octanol–water partition coefficient (Wildman–Crippen LogP) is 3.51. The minimum atomic E-state index is -0.418. The number of rotatable bonds is 8. The van der Waals surface area contributed by atoms with Crippen LogP contribution in [0.3, 0.4) is 0 Å². The van der Waals surface area contributed by atoms with Crippen molar-refractivity contribution < 1.29 is 13.9 Å². The third kappa shape index (κ3) is 6.48. The Morgan fingerprint density at radius 2 is 2.00 bits per heavy atom. The molecule has 1 amide bonds. The normalized spacial score (nSPS) is 11.4. The zero-order valence-electron chi connectivity index (χ0n) is 13.9. The summed E-state index contributed by atoms with van der Waals surface area (Å²) in [6, 6.07) is 15.3. The molecule has 0 radical (unpaired) electrons. The number of nitrogens with one attached hydrogen (secondary N) is 1. The van der Waals surface area contributed by atoms with Crippen molar-refractivity contribution in [2.75, 3.05) is 12.4 Å². The summed E-state index contributed by atoms with van der Waals surface area (Å²) < 4.78 is 18.8. The van der Waals surface area contributed by atoms with Gasteiger partial charge in [-0.25, -0.2) is 4.39 Å². The Labute approximate surface area is 151 Å². The lowest BCUT2D eigenvalue weighted by Crippen LogP contribution is -2.37. The van der Waals surface area contributed by atoms with Gasteiger partial charge >= 0.3 is 0 Å². The van der Waals surface area contributed by atoms with E-state index in [4.69, 9.17) is 10.00 Å². The fraction of sp³-hybridized carbons (Fsp3) is 0.263. The van der Waals surface area contributed by atoms with Crippen molar-refractivity contribution in [3.05, 3.63) is 65.5 Å². The smallest absolute Gasteiger partial charge is 0.230 e. The summed E-state index contributed by atoms with van der Waals surface area (Å²) in [6.07, 6.45) is 0. The average Bonchev–Trinajstić information content (AvgIpc) is 2.61. The third-order valence-electron chi connectivity index (χ3n) is 3.32. The van der Waals surface area contributed by atoms with E-state index in [1.165, 1.54) is 17.8 Å². The quantitative estimate of drug-likeness (QED) is 0.784. The largest absolute Gasteiger partial charge is 0.488 e. The highest BCUT2D eigenvalue weighted by atomic mass is 32.2. The second-order valence-corrected chi connectivity index (χ2v) is 6.50. The van der Waals surface area contributed by atoms with Crippen LogP contribution in [0.4, 0.5) is 4.39 Å². The van der Waals surface area contributed by atoms with Crippen LogP contribution in [-0.4, -0.2) is 24.3 Å². The van der Waals surface area contributed by atoms with E-state index in [1.807, 2.05) is 19.1 Å². The number of hydrogen-bond donors (Lipinski definition) is 1. The number of carbonyl (C=O) groups excluding carboxylic acids is 1. The fourth-order valence-electron chi connectivity index (χ4n) is 2.07. The van der Waals surface area contributed by atoms with E-state index < -0.39 is 5.82 Å². The first-order chi connectivity index (χ1) is 12.1. The predicted molar refractivity (Wildman–Crippen MR) is 96.8 cm³/mol. The van der Waals surface area contributed by atoms with E-state index in [-0.39, 0.29) is 24.3 Å². The number of para-hydroxylation sites is 1. The lowest BCUT2D eigenvalue weighted by atomic mass is 10.2. The molecule has 2 aromatic rings. The van der Waals surface area contributed by atoms with Gasteiger partial charge in [-0.1, -0.05) is 24.3 Å². The standard InChI is InChI=1S/C19H19FN2O2S/c1-14(11-24-18-5-3-2-4-17(18)20)22-19(23)13-25-12-16-8-6-15(10-21)7-9-16/h2-9,14H,11-13H2,1H3,(H,22,23). The molecule has 130 valence electrons. The van der Waals surface area contributed by atoms with Crippen molar-refractivity contribution in [1.29, 1.82) is 5.26 Å². The monoisotopic (exact) mass is 358 g/mol.